The summed E-state index contributed by atoms with van der Waals surface area (Å²) in [6.07, 6.45) is 1.68. The first-order valence-corrected chi connectivity index (χ1v) is 5.08. The summed E-state index contributed by atoms with van der Waals surface area (Å²) in [6.45, 7) is 2.06. The van der Waals surface area contributed by atoms with Crippen molar-refractivity contribution in [1.82, 2.24) is 4.98 Å². The molecule has 0 saturated carbocycles. The van der Waals surface area contributed by atoms with Crippen LogP contribution in [0.25, 0.3) is 0 Å². The van der Waals surface area contributed by atoms with Gasteiger partial charge in [-0.1, -0.05) is 29.8 Å². The van der Waals surface area contributed by atoms with Crippen molar-refractivity contribution >= 4 is 23.0 Å². The summed E-state index contributed by atoms with van der Waals surface area (Å²) in [5, 5.41) is 3.78. The van der Waals surface area contributed by atoms with E-state index in [9.17, 15) is 0 Å². The van der Waals surface area contributed by atoms with E-state index < -0.39 is 0 Å². The molecule has 0 spiro atoms. The van der Waals surface area contributed by atoms with E-state index in [-0.39, 0.29) is 0 Å². The van der Waals surface area contributed by atoms with Gasteiger partial charge in [0.15, 0.2) is 0 Å². The summed E-state index contributed by atoms with van der Waals surface area (Å²) < 4.78 is 0. The van der Waals surface area contributed by atoms with Gasteiger partial charge in [0.2, 0.25) is 0 Å². The molecule has 0 radical (unpaired) electrons. The highest BCUT2D eigenvalue weighted by atomic mass is 35.5. The summed E-state index contributed by atoms with van der Waals surface area (Å²) in [7, 11) is 0. The zero-order valence-electron chi connectivity index (χ0n) is 8.37. The molecule has 2 nitrogen and oxygen atoms in total. The Morgan fingerprint density at radius 2 is 2.00 bits per heavy atom. The Bertz CT molecular complexity index is 469. The molecule has 1 N–H and O–H groups in total. The van der Waals surface area contributed by atoms with E-state index in [0.717, 1.165) is 11.4 Å². The SMILES string of the molecule is Cc1ccccc1Nc1ccnc(Cl)c1. The minimum Gasteiger partial charge on any atom is -0.355 e. The highest BCUT2D eigenvalue weighted by Crippen LogP contribution is 2.20. The number of para-hydroxylation sites is 1. The zero-order valence-corrected chi connectivity index (χ0v) is 9.12. The fourth-order valence-corrected chi connectivity index (χ4v) is 1.52. The van der Waals surface area contributed by atoms with Crippen LogP contribution in [0.3, 0.4) is 0 Å². The van der Waals surface area contributed by atoms with Crippen molar-refractivity contribution in [1.29, 1.82) is 0 Å². The number of pyridine rings is 1. The number of hydrogen-bond acceptors (Lipinski definition) is 2. The Labute approximate surface area is 93.9 Å². The van der Waals surface area contributed by atoms with Gasteiger partial charge in [0.1, 0.15) is 5.15 Å². The van der Waals surface area contributed by atoms with Crippen molar-refractivity contribution in [2.75, 3.05) is 5.32 Å². The second-order valence-corrected chi connectivity index (χ2v) is 3.69. The van der Waals surface area contributed by atoms with Crippen LogP contribution in [-0.4, -0.2) is 4.98 Å². The molecule has 0 unspecified atom stereocenters. The summed E-state index contributed by atoms with van der Waals surface area (Å²) in [6, 6.07) is 11.8. The smallest absolute Gasteiger partial charge is 0.131 e. The van der Waals surface area contributed by atoms with E-state index in [4.69, 9.17) is 11.6 Å². The standard InChI is InChI=1S/C12H11ClN2/c1-9-4-2-3-5-11(9)15-10-6-7-14-12(13)8-10/h2-8H,1H3,(H,14,15). The van der Waals surface area contributed by atoms with Crippen molar-refractivity contribution in [3.05, 3.63) is 53.3 Å². The second kappa shape index (κ2) is 4.32. The molecule has 15 heavy (non-hydrogen) atoms. The molecule has 0 saturated heterocycles. The van der Waals surface area contributed by atoms with Crippen LogP contribution in [0.1, 0.15) is 5.56 Å². The maximum atomic E-state index is 5.80. The molecule has 2 aromatic rings. The Balaban J connectivity index is 2.26. The number of nitrogens with one attached hydrogen (secondary N) is 1. The van der Waals surface area contributed by atoms with Gasteiger partial charge in [-0.25, -0.2) is 4.98 Å². The number of nitrogens with zero attached hydrogens (tertiary/aromatic N) is 1. The van der Waals surface area contributed by atoms with Crippen LogP contribution >= 0.6 is 11.6 Å². The van der Waals surface area contributed by atoms with Gasteiger partial charge in [0.05, 0.1) is 0 Å². The van der Waals surface area contributed by atoms with Crippen LogP contribution in [0.2, 0.25) is 5.15 Å². The van der Waals surface area contributed by atoms with E-state index in [1.54, 1.807) is 12.3 Å². The first-order valence-electron chi connectivity index (χ1n) is 4.70. The minimum absolute atomic E-state index is 0.494. The van der Waals surface area contributed by atoms with Gasteiger partial charge >= 0.3 is 0 Å². The monoisotopic (exact) mass is 218 g/mol. The largest absolute Gasteiger partial charge is 0.355 e. The molecule has 0 aliphatic rings. The molecule has 2 rings (SSSR count). The van der Waals surface area contributed by atoms with Gasteiger partial charge in [-0.15, -0.1) is 0 Å². The van der Waals surface area contributed by atoms with Gasteiger partial charge in [-0.3, -0.25) is 0 Å². The second-order valence-electron chi connectivity index (χ2n) is 3.31. The predicted octanol–water partition coefficient (Wildman–Crippen LogP) is 3.79. The van der Waals surface area contributed by atoms with Crippen molar-refractivity contribution in [2.24, 2.45) is 0 Å². The minimum atomic E-state index is 0.494. The quantitative estimate of drug-likeness (QED) is 0.776. The molecule has 76 valence electrons. The summed E-state index contributed by atoms with van der Waals surface area (Å²) in [5.41, 5.74) is 3.23. The van der Waals surface area contributed by atoms with Crippen LogP contribution in [0.15, 0.2) is 42.6 Å². The molecular weight excluding hydrogens is 208 g/mol. The predicted molar refractivity (Wildman–Crippen MR) is 63.7 cm³/mol. The normalized spacial score (nSPS) is 10.0. The van der Waals surface area contributed by atoms with Gasteiger partial charge in [0, 0.05) is 17.6 Å². The summed E-state index contributed by atoms with van der Waals surface area (Å²) >= 11 is 5.80. The van der Waals surface area contributed by atoms with Crippen molar-refractivity contribution in [3.63, 3.8) is 0 Å². The van der Waals surface area contributed by atoms with Crippen LogP contribution in [0.5, 0.6) is 0 Å². The van der Waals surface area contributed by atoms with Crippen LogP contribution < -0.4 is 5.32 Å². The molecule has 1 heterocycles. The third-order valence-corrected chi connectivity index (χ3v) is 2.36. The summed E-state index contributed by atoms with van der Waals surface area (Å²) in [5.74, 6) is 0. The average molecular weight is 219 g/mol. The van der Waals surface area contributed by atoms with Crippen molar-refractivity contribution < 1.29 is 0 Å². The van der Waals surface area contributed by atoms with Gasteiger partial charge < -0.3 is 5.32 Å². The number of aryl methyl sites for hydroxylation is 1. The number of hydrogen-bond donors (Lipinski definition) is 1. The number of halogens is 1. The fourth-order valence-electron chi connectivity index (χ4n) is 1.35. The molecule has 0 aliphatic heterocycles. The van der Waals surface area contributed by atoms with Gasteiger partial charge in [-0.05, 0) is 30.7 Å². The van der Waals surface area contributed by atoms with Gasteiger partial charge in [-0.2, -0.15) is 0 Å². The van der Waals surface area contributed by atoms with Crippen LogP contribution in [-0.2, 0) is 0 Å². The Morgan fingerprint density at radius 3 is 2.73 bits per heavy atom. The highest BCUT2D eigenvalue weighted by Gasteiger charge is 1.98. The Morgan fingerprint density at radius 1 is 1.20 bits per heavy atom. The van der Waals surface area contributed by atoms with Crippen molar-refractivity contribution in [2.45, 2.75) is 6.92 Å². The van der Waals surface area contributed by atoms with E-state index >= 15 is 0 Å². The number of rotatable bonds is 2. The molecule has 0 atom stereocenters. The lowest BCUT2D eigenvalue weighted by molar-refractivity contribution is 1.32. The van der Waals surface area contributed by atoms with Gasteiger partial charge in [0.25, 0.3) is 0 Å². The number of aromatic nitrogens is 1. The van der Waals surface area contributed by atoms with Crippen LogP contribution in [0, 0.1) is 6.92 Å². The molecule has 3 heteroatoms. The molecule has 1 aromatic heterocycles. The van der Waals surface area contributed by atoms with E-state index in [0.29, 0.717) is 5.15 Å². The molecular formula is C12H11ClN2. The van der Waals surface area contributed by atoms with Crippen molar-refractivity contribution in [3.8, 4) is 0 Å². The first kappa shape index (κ1) is 9.99. The maximum Gasteiger partial charge on any atom is 0.131 e. The summed E-state index contributed by atoms with van der Waals surface area (Å²) in [4.78, 5) is 3.93. The fraction of sp³-hybridized carbons (Fsp3) is 0.0833. The molecule has 0 bridgehead atoms. The number of benzene rings is 1. The Kier molecular flexibility index (Phi) is 2.88. The average Bonchev–Trinajstić information content (AvgIpc) is 2.22. The highest BCUT2D eigenvalue weighted by molar-refractivity contribution is 6.29. The molecule has 0 aliphatic carbocycles. The van der Waals surface area contributed by atoms with Crippen LogP contribution in [0.4, 0.5) is 11.4 Å². The zero-order chi connectivity index (χ0) is 10.7. The number of anilines is 2. The maximum absolute atomic E-state index is 5.80. The lowest BCUT2D eigenvalue weighted by Gasteiger charge is -2.08. The lowest BCUT2D eigenvalue weighted by atomic mass is 10.2. The third-order valence-electron chi connectivity index (χ3n) is 2.15. The Hall–Kier alpha value is -1.54. The van der Waals surface area contributed by atoms with E-state index in [1.807, 2.05) is 24.3 Å². The van der Waals surface area contributed by atoms with E-state index in [1.165, 1.54) is 5.56 Å². The molecule has 1 aromatic carbocycles. The first-order chi connectivity index (χ1) is 7.25. The molecule has 0 fully saturated rings. The lowest BCUT2D eigenvalue weighted by Crippen LogP contribution is -1.92. The topological polar surface area (TPSA) is 24.9 Å². The third kappa shape index (κ3) is 2.48. The molecule has 0 amide bonds. The van der Waals surface area contributed by atoms with E-state index in [2.05, 4.69) is 23.3 Å².